The minimum Gasteiger partial charge on any atom is -0.310 e. The molecule has 0 fully saturated rings. The first-order valence-electron chi connectivity index (χ1n) is 9.45. The van der Waals surface area contributed by atoms with Crippen molar-refractivity contribution in [2.45, 2.75) is 26.6 Å². The summed E-state index contributed by atoms with van der Waals surface area (Å²) < 4.78 is 40.1. The molecule has 2 aromatic carbocycles. The Morgan fingerprint density at radius 1 is 1.03 bits per heavy atom. The second-order valence-electron chi connectivity index (χ2n) is 6.92. The number of amides is 1. The monoisotopic (exact) mass is 414 g/mol. The Balaban J connectivity index is 1.93. The Morgan fingerprint density at radius 3 is 2.43 bits per heavy atom. The van der Waals surface area contributed by atoms with Crippen molar-refractivity contribution in [3.8, 4) is 0 Å². The predicted octanol–water partition coefficient (Wildman–Crippen LogP) is 4.89. The number of nitrogens with zero attached hydrogens (tertiary/aromatic N) is 2. The van der Waals surface area contributed by atoms with Crippen molar-refractivity contribution in [1.29, 1.82) is 0 Å². The van der Waals surface area contributed by atoms with E-state index >= 15 is 0 Å². The molecule has 0 aliphatic carbocycles. The molecule has 1 heterocycles. The van der Waals surface area contributed by atoms with Crippen LogP contribution in [0.5, 0.6) is 0 Å². The second kappa shape index (κ2) is 8.57. The van der Waals surface area contributed by atoms with Gasteiger partial charge in [-0.3, -0.25) is 9.59 Å². The number of hydrogen-bond donors (Lipinski definition) is 0. The van der Waals surface area contributed by atoms with E-state index in [0.717, 1.165) is 23.4 Å². The Kier molecular flexibility index (Phi) is 6.10. The van der Waals surface area contributed by atoms with E-state index in [4.69, 9.17) is 0 Å². The number of aromatic nitrogens is 1. The summed E-state index contributed by atoms with van der Waals surface area (Å²) in [4.78, 5) is 27.0. The van der Waals surface area contributed by atoms with Crippen LogP contribution < -0.4 is 10.5 Å². The van der Waals surface area contributed by atoms with Crippen molar-refractivity contribution in [3.05, 3.63) is 99.5 Å². The number of aryl methyl sites for hydroxylation is 1. The highest BCUT2D eigenvalue weighted by atomic mass is 19.4. The van der Waals surface area contributed by atoms with Crippen LogP contribution in [-0.4, -0.2) is 17.0 Å². The number of rotatable bonds is 5. The molecular weight excluding hydrogens is 393 g/mol. The highest BCUT2D eigenvalue weighted by Crippen LogP contribution is 2.29. The van der Waals surface area contributed by atoms with Gasteiger partial charge in [-0.15, -0.1) is 0 Å². The third-order valence-corrected chi connectivity index (χ3v) is 4.81. The number of anilines is 1. The molecule has 0 aliphatic heterocycles. The molecule has 0 bridgehead atoms. The maximum Gasteiger partial charge on any atom is 0.416 e. The fourth-order valence-electron chi connectivity index (χ4n) is 3.27. The third kappa shape index (κ3) is 4.62. The first-order chi connectivity index (χ1) is 14.2. The zero-order valence-electron chi connectivity index (χ0n) is 16.6. The van der Waals surface area contributed by atoms with E-state index in [1.807, 2.05) is 38.1 Å². The van der Waals surface area contributed by atoms with Gasteiger partial charge in [0.2, 0.25) is 0 Å². The highest BCUT2D eigenvalue weighted by Gasteiger charge is 2.30. The fraction of sp³-hybridized carbons (Fsp3) is 0.217. The summed E-state index contributed by atoms with van der Waals surface area (Å²) in [5, 5.41) is 0. The SMILES string of the molecule is CCN(C(=O)c1ccc(=O)n(Cc2cccc(C(F)(F)F)c2)c1)c1ccccc1C. The molecule has 0 radical (unpaired) electrons. The standard InChI is InChI=1S/C23H21F3N2O2/c1-3-28(20-10-5-4-7-16(20)2)22(30)18-11-12-21(29)27(15-18)14-17-8-6-9-19(13-17)23(24,25)26/h4-13,15H,3,14H2,1-2H3. The van der Waals surface area contributed by atoms with Gasteiger partial charge in [-0.05, 0) is 49.2 Å². The van der Waals surface area contributed by atoms with Gasteiger partial charge in [-0.1, -0.05) is 30.3 Å². The summed E-state index contributed by atoms with van der Waals surface area (Å²) in [6.45, 7) is 4.11. The van der Waals surface area contributed by atoms with Crippen LogP contribution >= 0.6 is 0 Å². The van der Waals surface area contributed by atoms with E-state index < -0.39 is 17.3 Å². The number of alkyl halides is 3. The van der Waals surface area contributed by atoms with Crippen LogP contribution in [0.25, 0.3) is 0 Å². The lowest BCUT2D eigenvalue weighted by atomic mass is 10.1. The summed E-state index contributed by atoms with van der Waals surface area (Å²) >= 11 is 0. The van der Waals surface area contributed by atoms with Gasteiger partial charge in [0.05, 0.1) is 17.7 Å². The molecule has 30 heavy (non-hydrogen) atoms. The van der Waals surface area contributed by atoms with E-state index in [2.05, 4.69) is 0 Å². The lowest BCUT2D eigenvalue weighted by Crippen LogP contribution is -2.32. The van der Waals surface area contributed by atoms with E-state index in [0.29, 0.717) is 12.1 Å². The summed E-state index contributed by atoms with van der Waals surface area (Å²) in [5.41, 5.74) is 1.12. The Bertz CT molecular complexity index is 1120. The van der Waals surface area contributed by atoms with Crippen LogP contribution in [-0.2, 0) is 12.7 Å². The number of halogens is 3. The minimum absolute atomic E-state index is 0.0691. The van der Waals surface area contributed by atoms with Gasteiger partial charge in [-0.25, -0.2) is 0 Å². The number of para-hydroxylation sites is 1. The van der Waals surface area contributed by atoms with Crippen molar-refractivity contribution in [1.82, 2.24) is 4.57 Å². The molecule has 0 atom stereocenters. The predicted molar refractivity (Wildman–Crippen MR) is 110 cm³/mol. The molecule has 156 valence electrons. The number of hydrogen-bond acceptors (Lipinski definition) is 2. The molecule has 0 saturated carbocycles. The molecule has 1 aromatic heterocycles. The van der Waals surface area contributed by atoms with Gasteiger partial charge >= 0.3 is 6.18 Å². The molecule has 7 heteroatoms. The number of pyridine rings is 1. The molecule has 0 saturated heterocycles. The summed E-state index contributed by atoms with van der Waals surface area (Å²) in [5.74, 6) is -0.287. The number of carbonyl (C=O) groups is 1. The first kappa shape index (κ1) is 21.4. The van der Waals surface area contributed by atoms with E-state index in [9.17, 15) is 22.8 Å². The van der Waals surface area contributed by atoms with E-state index in [1.165, 1.54) is 35.0 Å². The lowest BCUT2D eigenvalue weighted by Gasteiger charge is -2.23. The highest BCUT2D eigenvalue weighted by molar-refractivity contribution is 6.06. The van der Waals surface area contributed by atoms with Gasteiger partial charge in [0.15, 0.2) is 0 Å². The van der Waals surface area contributed by atoms with Gasteiger partial charge in [0, 0.05) is 24.5 Å². The summed E-state index contributed by atoms with van der Waals surface area (Å²) in [6, 6.07) is 15.0. The fourth-order valence-corrected chi connectivity index (χ4v) is 3.27. The van der Waals surface area contributed by atoms with Gasteiger partial charge in [0.25, 0.3) is 11.5 Å². The van der Waals surface area contributed by atoms with E-state index in [1.54, 1.807) is 4.90 Å². The summed E-state index contributed by atoms with van der Waals surface area (Å²) in [7, 11) is 0. The van der Waals surface area contributed by atoms with Crippen LogP contribution in [0.4, 0.5) is 18.9 Å². The smallest absolute Gasteiger partial charge is 0.310 e. The Hall–Kier alpha value is -3.35. The average molecular weight is 414 g/mol. The zero-order chi connectivity index (χ0) is 21.9. The van der Waals surface area contributed by atoms with Crippen LogP contribution in [0.1, 0.15) is 34.0 Å². The number of benzene rings is 2. The molecule has 1 amide bonds. The molecule has 0 spiro atoms. The molecule has 0 aliphatic rings. The molecule has 3 rings (SSSR count). The normalized spacial score (nSPS) is 11.4. The summed E-state index contributed by atoms with van der Waals surface area (Å²) in [6.07, 6.45) is -3.07. The van der Waals surface area contributed by atoms with E-state index in [-0.39, 0.29) is 18.0 Å². The van der Waals surface area contributed by atoms with Crippen molar-refractivity contribution in [3.63, 3.8) is 0 Å². The van der Waals surface area contributed by atoms with Gasteiger partial charge in [-0.2, -0.15) is 13.2 Å². The van der Waals surface area contributed by atoms with Crippen molar-refractivity contribution < 1.29 is 18.0 Å². The van der Waals surface area contributed by atoms with Crippen LogP contribution in [0, 0.1) is 6.92 Å². The zero-order valence-corrected chi connectivity index (χ0v) is 16.6. The van der Waals surface area contributed by atoms with Crippen LogP contribution in [0.2, 0.25) is 0 Å². The third-order valence-electron chi connectivity index (χ3n) is 4.81. The quantitative estimate of drug-likeness (QED) is 0.597. The largest absolute Gasteiger partial charge is 0.416 e. The first-order valence-corrected chi connectivity index (χ1v) is 9.45. The molecular formula is C23H21F3N2O2. The average Bonchev–Trinajstić information content (AvgIpc) is 2.71. The topological polar surface area (TPSA) is 42.3 Å². The molecule has 4 nitrogen and oxygen atoms in total. The van der Waals surface area contributed by atoms with Gasteiger partial charge < -0.3 is 9.47 Å². The molecule has 3 aromatic rings. The minimum atomic E-state index is -4.46. The van der Waals surface area contributed by atoms with Crippen LogP contribution in [0.3, 0.4) is 0 Å². The second-order valence-corrected chi connectivity index (χ2v) is 6.92. The maximum atomic E-state index is 13.1. The van der Waals surface area contributed by atoms with Crippen LogP contribution in [0.15, 0.2) is 71.7 Å². The van der Waals surface area contributed by atoms with Crippen molar-refractivity contribution >= 4 is 11.6 Å². The van der Waals surface area contributed by atoms with Crippen molar-refractivity contribution in [2.75, 3.05) is 11.4 Å². The van der Waals surface area contributed by atoms with Gasteiger partial charge in [0.1, 0.15) is 0 Å². The Labute approximate surface area is 172 Å². The Morgan fingerprint density at radius 2 is 1.77 bits per heavy atom. The molecule has 0 unspecified atom stereocenters. The maximum absolute atomic E-state index is 13.1. The van der Waals surface area contributed by atoms with Crippen molar-refractivity contribution in [2.24, 2.45) is 0 Å². The number of carbonyl (C=O) groups excluding carboxylic acids is 1. The molecule has 0 N–H and O–H groups in total. The lowest BCUT2D eigenvalue weighted by molar-refractivity contribution is -0.137.